The summed E-state index contributed by atoms with van der Waals surface area (Å²) in [5.41, 5.74) is -0.564. The van der Waals surface area contributed by atoms with Crippen LogP contribution in [0.2, 0.25) is 0 Å². The van der Waals surface area contributed by atoms with Crippen LogP contribution < -0.4 is 15.1 Å². The predicted molar refractivity (Wildman–Crippen MR) is 114 cm³/mol. The van der Waals surface area contributed by atoms with Crippen molar-refractivity contribution in [1.29, 1.82) is 0 Å². The van der Waals surface area contributed by atoms with E-state index in [0.29, 0.717) is 24.1 Å². The van der Waals surface area contributed by atoms with E-state index in [2.05, 4.69) is 5.32 Å². The molecule has 0 unspecified atom stereocenters. The minimum absolute atomic E-state index is 0.103. The molecule has 32 heavy (non-hydrogen) atoms. The number of fused-ring (bicyclic) bond motifs is 1. The van der Waals surface area contributed by atoms with E-state index in [4.69, 9.17) is 0 Å². The molecule has 10 heteroatoms. The van der Waals surface area contributed by atoms with Crippen molar-refractivity contribution in [2.24, 2.45) is 5.41 Å². The summed E-state index contributed by atoms with van der Waals surface area (Å²) in [5, 5.41) is 13.6. The normalized spacial score (nSPS) is 22.7. The van der Waals surface area contributed by atoms with Gasteiger partial charge in [0.25, 0.3) is 11.6 Å². The molecular formula is C22H21FN4O5. The maximum atomic E-state index is 13.9. The molecule has 0 radical (unpaired) electrons. The van der Waals surface area contributed by atoms with Gasteiger partial charge in [-0.3, -0.25) is 25.0 Å². The van der Waals surface area contributed by atoms with E-state index in [1.54, 1.807) is 18.0 Å². The average Bonchev–Trinajstić information content (AvgIpc) is 2.75. The number of imide groups is 2. The zero-order chi connectivity index (χ0) is 23.2. The number of rotatable bonds is 4. The summed E-state index contributed by atoms with van der Waals surface area (Å²) in [4.78, 5) is 53.2. The van der Waals surface area contributed by atoms with Gasteiger partial charge in [0.05, 0.1) is 16.7 Å². The van der Waals surface area contributed by atoms with Crippen molar-refractivity contribution in [2.45, 2.75) is 32.2 Å². The molecule has 0 aliphatic carbocycles. The van der Waals surface area contributed by atoms with Crippen molar-refractivity contribution < 1.29 is 23.7 Å². The Bertz CT molecular complexity index is 1140. The number of carbonyl (C=O) groups excluding carboxylic acids is 3. The van der Waals surface area contributed by atoms with Gasteiger partial charge in [0, 0.05) is 31.3 Å². The largest absolute Gasteiger partial charge is 0.370 e. The summed E-state index contributed by atoms with van der Waals surface area (Å²) in [6.45, 7) is 1.92. The molecule has 2 heterocycles. The zero-order valence-electron chi connectivity index (χ0n) is 17.5. The van der Waals surface area contributed by atoms with Crippen LogP contribution in [0.15, 0.2) is 42.5 Å². The summed E-state index contributed by atoms with van der Waals surface area (Å²) in [7, 11) is 1.73. The topological polar surface area (TPSA) is 113 Å². The molecule has 0 saturated carbocycles. The van der Waals surface area contributed by atoms with Gasteiger partial charge in [-0.25, -0.2) is 14.1 Å². The first-order chi connectivity index (χ1) is 15.2. The minimum Gasteiger partial charge on any atom is -0.370 e. The van der Waals surface area contributed by atoms with Crippen LogP contribution in [0.1, 0.15) is 25.3 Å². The van der Waals surface area contributed by atoms with E-state index in [-0.39, 0.29) is 17.8 Å². The van der Waals surface area contributed by atoms with Gasteiger partial charge in [-0.2, -0.15) is 0 Å². The Kier molecular flexibility index (Phi) is 5.15. The van der Waals surface area contributed by atoms with Crippen LogP contribution in [0, 0.1) is 21.3 Å². The van der Waals surface area contributed by atoms with Gasteiger partial charge < -0.3 is 4.90 Å². The van der Waals surface area contributed by atoms with Crippen molar-refractivity contribution in [3.8, 4) is 0 Å². The van der Waals surface area contributed by atoms with Crippen LogP contribution in [0.5, 0.6) is 0 Å². The summed E-state index contributed by atoms with van der Waals surface area (Å²) in [6.07, 6.45) is 1.02. The lowest BCUT2D eigenvalue weighted by Gasteiger charge is -2.50. The first kappa shape index (κ1) is 21.4. The van der Waals surface area contributed by atoms with Crippen LogP contribution in [0.4, 0.5) is 26.2 Å². The van der Waals surface area contributed by atoms with Gasteiger partial charge in [-0.1, -0.05) is 13.3 Å². The molecule has 1 fully saturated rings. The second-order valence-corrected chi connectivity index (χ2v) is 8.01. The molecular weight excluding hydrogens is 419 g/mol. The quantitative estimate of drug-likeness (QED) is 0.444. The van der Waals surface area contributed by atoms with Gasteiger partial charge in [-0.05, 0) is 42.3 Å². The van der Waals surface area contributed by atoms with Crippen LogP contribution >= 0.6 is 0 Å². The molecule has 2 aromatic rings. The number of urea groups is 1. The molecule has 166 valence electrons. The summed E-state index contributed by atoms with van der Waals surface area (Å²) in [6, 6.07) is 7.65. The fraction of sp³-hybridized carbons (Fsp3) is 0.318. The number of nitro groups is 1. The number of hydrogen-bond donors (Lipinski definition) is 1. The van der Waals surface area contributed by atoms with E-state index in [1.165, 1.54) is 24.3 Å². The lowest BCUT2D eigenvalue weighted by molar-refractivity contribution is -0.384. The second kappa shape index (κ2) is 7.70. The van der Waals surface area contributed by atoms with Crippen LogP contribution in [-0.2, 0) is 16.0 Å². The first-order valence-electron chi connectivity index (χ1n) is 10.2. The van der Waals surface area contributed by atoms with Crippen molar-refractivity contribution in [3.63, 3.8) is 0 Å². The highest BCUT2D eigenvalue weighted by Gasteiger charge is 2.61. The SMILES string of the molecule is CCC[C@H]1N(C)c2ccc([N+](=O)[O-])cc2C[C@@]12C(=O)NC(=O)N(c1ccc(F)cc1)C2=O. The number of nitrogens with one attached hydrogen (secondary N) is 1. The highest BCUT2D eigenvalue weighted by atomic mass is 19.1. The fourth-order valence-corrected chi connectivity index (χ4v) is 4.73. The third-order valence-corrected chi connectivity index (χ3v) is 6.22. The second-order valence-electron chi connectivity index (χ2n) is 8.01. The Morgan fingerprint density at radius 1 is 1.19 bits per heavy atom. The highest BCUT2D eigenvalue weighted by molar-refractivity contribution is 6.30. The first-order valence-corrected chi connectivity index (χ1v) is 10.2. The number of barbiturate groups is 1. The third-order valence-electron chi connectivity index (χ3n) is 6.22. The zero-order valence-corrected chi connectivity index (χ0v) is 17.5. The summed E-state index contributed by atoms with van der Waals surface area (Å²) < 4.78 is 13.4. The van der Waals surface area contributed by atoms with Gasteiger partial charge in [0.2, 0.25) is 5.91 Å². The molecule has 4 rings (SSSR count). The summed E-state index contributed by atoms with van der Waals surface area (Å²) in [5.74, 6) is -2.01. The summed E-state index contributed by atoms with van der Waals surface area (Å²) >= 11 is 0. The number of benzene rings is 2. The van der Waals surface area contributed by atoms with Crippen molar-refractivity contribution in [1.82, 2.24) is 5.32 Å². The number of nitrogens with zero attached hydrogens (tertiary/aromatic N) is 3. The van der Waals surface area contributed by atoms with Crippen molar-refractivity contribution in [3.05, 3.63) is 64.0 Å². The van der Waals surface area contributed by atoms with Gasteiger partial charge in [0.15, 0.2) is 5.41 Å². The maximum absolute atomic E-state index is 13.9. The Hall–Kier alpha value is -3.82. The molecule has 1 saturated heterocycles. The van der Waals surface area contributed by atoms with Gasteiger partial charge >= 0.3 is 6.03 Å². The van der Waals surface area contributed by atoms with Gasteiger partial charge in [0.1, 0.15) is 5.82 Å². The number of anilines is 2. The fourth-order valence-electron chi connectivity index (χ4n) is 4.73. The molecule has 2 aliphatic rings. The van der Waals surface area contributed by atoms with E-state index in [9.17, 15) is 28.9 Å². The molecule has 1 N–H and O–H groups in total. The number of hydrogen-bond acceptors (Lipinski definition) is 6. The average molecular weight is 440 g/mol. The molecule has 9 nitrogen and oxygen atoms in total. The number of amides is 4. The number of nitro benzene ring substituents is 1. The van der Waals surface area contributed by atoms with Crippen molar-refractivity contribution in [2.75, 3.05) is 16.8 Å². The molecule has 2 aliphatic heterocycles. The number of halogens is 1. The van der Waals surface area contributed by atoms with Crippen LogP contribution in [0.25, 0.3) is 0 Å². The third kappa shape index (κ3) is 3.10. The van der Waals surface area contributed by atoms with E-state index in [0.717, 1.165) is 17.0 Å². The molecule has 2 aromatic carbocycles. The molecule has 1 spiro atoms. The smallest absolute Gasteiger partial charge is 0.335 e. The van der Waals surface area contributed by atoms with Gasteiger partial charge in [-0.15, -0.1) is 0 Å². The lowest BCUT2D eigenvalue weighted by atomic mass is 9.67. The Labute approximate surface area is 182 Å². The van der Waals surface area contributed by atoms with Crippen LogP contribution in [-0.4, -0.2) is 35.9 Å². The molecule has 0 bridgehead atoms. The maximum Gasteiger partial charge on any atom is 0.335 e. The van der Waals surface area contributed by atoms with E-state index < -0.39 is 40.0 Å². The minimum atomic E-state index is -1.69. The standard InChI is InChI=1S/C22H21FN4O5/c1-3-4-18-22(12-13-11-16(27(31)32)9-10-17(13)25(18)2)19(28)24-21(30)26(20(22)29)15-7-5-14(23)6-8-15/h5-11,18H,3-4,12H2,1-2H3,(H,24,28,30)/t18-,22+/m1/s1. The highest BCUT2D eigenvalue weighted by Crippen LogP contribution is 2.46. The van der Waals surface area contributed by atoms with Crippen LogP contribution in [0.3, 0.4) is 0 Å². The Morgan fingerprint density at radius 2 is 1.88 bits per heavy atom. The lowest BCUT2D eigenvalue weighted by Crippen LogP contribution is -2.72. The van der Waals surface area contributed by atoms with E-state index >= 15 is 0 Å². The molecule has 4 amide bonds. The Balaban J connectivity index is 1.88. The van der Waals surface area contributed by atoms with Crippen molar-refractivity contribution >= 4 is 34.9 Å². The Morgan fingerprint density at radius 3 is 2.50 bits per heavy atom. The monoisotopic (exact) mass is 440 g/mol. The predicted octanol–water partition coefficient (Wildman–Crippen LogP) is 3.16. The number of non-ortho nitro benzene ring substituents is 1. The molecule has 0 aromatic heterocycles. The molecule has 2 atom stereocenters. The number of carbonyl (C=O) groups is 3. The van der Waals surface area contributed by atoms with E-state index in [1.807, 2.05) is 6.92 Å².